The third-order valence-electron chi connectivity index (χ3n) is 3.14. The van der Waals surface area contributed by atoms with Crippen molar-refractivity contribution in [2.75, 3.05) is 19.5 Å². The van der Waals surface area contributed by atoms with Gasteiger partial charge in [0.05, 0.1) is 25.5 Å². The minimum Gasteiger partial charge on any atom is -0.493 e. The average molecular weight is 287 g/mol. The molecule has 1 aliphatic rings. The highest BCUT2D eigenvalue weighted by atomic mass is 32.1. The number of nitrogens with one attached hydrogen (secondary N) is 1. The van der Waals surface area contributed by atoms with E-state index in [1.54, 1.807) is 31.6 Å². The van der Waals surface area contributed by atoms with Crippen LogP contribution in [0.2, 0.25) is 0 Å². The molecule has 5 heteroatoms. The molecule has 1 aliphatic heterocycles. The molecule has 20 heavy (non-hydrogen) atoms. The fourth-order valence-corrected chi connectivity index (χ4v) is 2.83. The van der Waals surface area contributed by atoms with Gasteiger partial charge in [-0.3, -0.25) is 4.79 Å². The summed E-state index contributed by atoms with van der Waals surface area (Å²) < 4.78 is 10.5. The van der Waals surface area contributed by atoms with Crippen LogP contribution in [0.4, 0.5) is 5.69 Å². The van der Waals surface area contributed by atoms with Gasteiger partial charge >= 0.3 is 0 Å². The van der Waals surface area contributed by atoms with Crippen LogP contribution in [0.1, 0.15) is 10.4 Å². The number of hydrogen-bond acceptors (Lipinski definition) is 4. The van der Waals surface area contributed by atoms with Gasteiger partial charge in [0.25, 0.3) is 5.91 Å². The Labute approximate surface area is 120 Å². The first-order valence-electron chi connectivity index (χ1n) is 6.06. The van der Waals surface area contributed by atoms with Crippen molar-refractivity contribution in [1.82, 2.24) is 0 Å². The van der Waals surface area contributed by atoms with Gasteiger partial charge in [0, 0.05) is 16.5 Å². The van der Waals surface area contributed by atoms with Crippen LogP contribution < -0.4 is 14.8 Å². The summed E-state index contributed by atoms with van der Waals surface area (Å²) in [6.07, 6.45) is 1.89. The van der Waals surface area contributed by atoms with Gasteiger partial charge in [-0.1, -0.05) is 6.07 Å². The Morgan fingerprint density at radius 1 is 1.20 bits per heavy atom. The van der Waals surface area contributed by atoms with Crippen LogP contribution >= 0.6 is 11.3 Å². The number of ether oxygens (including phenoxy) is 2. The molecule has 1 N–H and O–H groups in total. The summed E-state index contributed by atoms with van der Waals surface area (Å²) in [4.78, 5) is 13.1. The Morgan fingerprint density at radius 3 is 2.60 bits per heavy atom. The molecule has 0 atom stereocenters. The fourth-order valence-electron chi connectivity index (χ4n) is 2.18. The van der Waals surface area contributed by atoms with Crippen LogP contribution in [0.15, 0.2) is 29.6 Å². The molecule has 0 radical (unpaired) electrons. The summed E-state index contributed by atoms with van der Waals surface area (Å²) >= 11 is 1.59. The van der Waals surface area contributed by atoms with E-state index in [9.17, 15) is 4.79 Å². The maximum atomic E-state index is 12.1. The van der Waals surface area contributed by atoms with Crippen LogP contribution in [0.3, 0.4) is 0 Å². The van der Waals surface area contributed by atoms with E-state index in [-0.39, 0.29) is 5.91 Å². The molecule has 0 bridgehead atoms. The van der Waals surface area contributed by atoms with Crippen LogP contribution in [-0.4, -0.2) is 20.1 Å². The average Bonchev–Trinajstić information content (AvgIpc) is 3.06. The molecule has 0 aliphatic carbocycles. The summed E-state index contributed by atoms with van der Waals surface area (Å²) in [5.41, 5.74) is 2.22. The van der Waals surface area contributed by atoms with E-state index in [0.717, 1.165) is 16.1 Å². The number of methoxy groups -OCH3 is 2. The Balaban J connectivity index is 2.12. The third kappa shape index (κ3) is 2.06. The lowest BCUT2D eigenvalue weighted by Gasteiger charge is -2.09. The highest BCUT2D eigenvalue weighted by Gasteiger charge is 2.26. The summed E-state index contributed by atoms with van der Waals surface area (Å²) in [5, 5.41) is 4.83. The van der Waals surface area contributed by atoms with Crippen molar-refractivity contribution < 1.29 is 14.3 Å². The number of benzene rings is 1. The minimum atomic E-state index is -0.108. The first kappa shape index (κ1) is 12.7. The summed E-state index contributed by atoms with van der Waals surface area (Å²) in [6, 6.07) is 7.54. The monoisotopic (exact) mass is 287 g/mol. The molecule has 102 valence electrons. The number of amides is 1. The van der Waals surface area contributed by atoms with Gasteiger partial charge < -0.3 is 14.8 Å². The summed E-state index contributed by atoms with van der Waals surface area (Å²) in [6.45, 7) is 0. The Hall–Kier alpha value is -2.27. The number of anilines is 1. The van der Waals surface area contributed by atoms with Crippen LogP contribution in [0.5, 0.6) is 11.5 Å². The molecule has 1 aromatic heterocycles. The van der Waals surface area contributed by atoms with E-state index in [0.29, 0.717) is 17.1 Å². The van der Waals surface area contributed by atoms with E-state index in [2.05, 4.69) is 5.32 Å². The van der Waals surface area contributed by atoms with Gasteiger partial charge in [-0.15, -0.1) is 11.3 Å². The number of thiophene rings is 1. The lowest BCUT2D eigenvalue weighted by atomic mass is 10.1. The number of fused-ring (bicyclic) bond motifs is 1. The second kappa shape index (κ2) is 5.02. The van der Waals surface area contributed by atoms with Gasteiger partial charge in [-0.2, -0.15) is 0 Å². The predicted molar refractivity (Wildman–Crippen MR) is 80.4 cm³/mol. The van der Waals surface area contributed by atoms with E-state index >= 15 is 0 Å². The van der Waals surface area contributed by atoms with Crippen molar-refractivity contribution >= 4 is 34.6 Å². The Kier molecular flexibility index (Phi) is 3.20. The molecule has 4 nitrogen and oxygen atoms in total. The minimum absolute atomic E-state index is 0.108. The molecule has 0 saturated heterocycles. The SMILES string of the molecule is COc1cc2c(cc1OC)/C(=C\c1cccs1)C(=O)N2. The molecule has 0 fully saturated rings. The zero-order valence-corrected chi connectivity index (χ0v) is 11.9. The molecule has 0 unspecified atom stereocenters. The van der Waals surface area contributed by atoms with Crippen molar-refractivity contribution in [2.24, 2.45) is 0 Å². The molecular formula is C15H13NO3S. The molecule has 0 saturated carbocycles. The number of carbonyl (C=O) groups excluding carboxylic acids is 1. The van der Waals surface area contributed by atoms with E-state index in [4.69, 9.17) is 9.47 Å². The lowest BCUT2D eigenvalue weighted by molar-refractivity contribution is -0.110. The number of rotatable bonds is 3. The second-order valence-electron chi connectivity index (χ2n) is 4.28. The van der Waals surface area contributed by atoms with E-state index < -0.39 is 0 Å². The Bertz CT molecular complexity index is 689. The summed E-state index contributed by atoms with van der Waals surface area (Å²) in [7, 11) is 3.15. The zero-order chi connectivity index (χ0) is 14.1. The first-order valence-corrected chi connectivity index (χ1v) is 6.94. The maximum Gasteiger partial charge on any atom is 0.256 e. The number of carbonyl (C=O) groups is 1. The van der Waals surface area contributed by atoms with E-state index in [1.807, 2.05) is 29.7 Å². The molecule has 2 heterocycles. The molecular weight excluding hydrogens is 274 g/mol. The van der Waals surface area contributed by atoms with Crippen molar-refractivity contribution in [3.63, 3.8) is 0 Å². The van der Waals surface area contributed by atoms with Gasteiger partial charge in [0.1, 0.15) is 0 Å². The third-order valence-corrected chi connectivity index (χ3v) is 3.96. The van der Waals surface area contributed by atoms with Crippen molar-refractivity contribution in [2.45, 2.75) is 0 Å². The van der Waals surface area contributed by atoms with Gasteiger partial charge in [-0.05, 0) is 23.6 Å². The largest absolute Gasteiger partial charge is 0.493 e. The van der Waals surface area contributed by atoms with Crippen LogP contribution in [-0.2, 0) is 4.79 Å². The van der Waals surface area contributed by atoms with E-state index in [1.165, 1.54) is 0 Å². The Morgan fingerprint density at radius 2 is 1.95 bits per heavy atom. The topological polar surface area (TPSA) is 47.6 Å². The van der Waals surface area contributed by atoms with Gasteiger partial charge in [-0.25, -0.2) is 0 Å². The molecule has 3 rings (SSSR count). The first-order chi connectivity index (χ1) is 9.72. The van der Waals surface area contributed by atoms with Crippen molar-refractivity contribution in [3.05, 3.63) is 40.1 Å². The quantitative estimate of drug-likeness (QED) is 0.881. The highest BCUT2D eigenvalue weighted by molar-refractivity contribution is 7.11. The van der Waals surface area contributed by atoms with Crippen molar-refractivity contribution in [3.8, 4) is 11.5 Å². The lowest BCUT2D eigenvalue weighted by Crippen LogP contribution is -2.03. The molecule has 0 spiro atoms. The van der Waals surface area contributed by atoms with Crippen LogP contribution in [0.25, 0.3) is 11.6 Å². The molecule has 1 aromatic carbocycles. The van der Waals surface area contributed by atoms with Gasteiger partial charge in [0.15, 0.2) is 11.5 Å². The fraction of sp³-hybridized carbons (Fsp3) is 0.133. The highest BCUT2D eigenvalue weighted by Crippen LogP contribution is 2.41. The zero-order valence-electron chi connectivity index (χ0n) is 11.1. The molecule has 1 amide bonds. The predicted octanol–water partition coefficient (Wildman–Crippen LogP) is 3.26. The summed E-state index contributed by atoms with van der Waals surface area (Å²) in [5.74, 6) is 1.10. The second-order valence-corrected chi connectivity index (χ2v) is 5.26. The smallest absolute Gasteiger partial charge is 0.256 e. The molecule has 2 aromatic rings. The normalized spacial score (nSPS) is 15.1. The van der Waals surface area contributed by atoms with Crippen LogP contribution in [0, 0.1) is 0 Å². The van der Waals surface area contributed by atoms with Crippen molar-refractivity contribution in [1.29, 1.82) is 0 Å². The maximum absolute atomic E-state index is 12.1. The van der Waals surface area contributed by atoms with Gasteiger partial charge in [0.2, 0.25) is 0 Å². The number of hydrogen-bond donors (Lipinski definition) is 1. The standard InChI is InChI=1S/C15H13NO3S/c1-18-13-7-10-11(6-9-4-3-5-20-9)15(17)16-12(10)8-14(13)19-2/h3-8H,1-2H3,(H,16,17)/b11-6+.